The highest BCUT2D eigenvalue weighted by molar-refractivity contribution is 7.86. The number of likely N-dealkylation sites (tertiary alicyclic amines) is 1. The Labute approximate surface area is 149 Å². The van der Waals surface area contributed by atoms with Crippen LogP contribution in [0.15, 0.2) is 4.99 Å². The van der Waals surface area contributed by atoms with E-state index < -0.39 is 10.8 Å². The van der Waals surface area contributed by atoms with Crippen LogP contribution in [-0.2, 0) is 20.3 Å². The number of methoxy groups -OCH3 is 1. The first-order chi connectivity index (χ1) is 11.4. The van der Waals surface area contributed by atoms with Crippen LogP contribution in [0.4, 0.5) is 0 Å². The van der Waals surface area contributed by atoms with Gasteiger partial charge in [-0.05, 0) is 40.0 Å². The first-order valence-corrected chi connectivity index (χ1v) is 10.1. The molecular weight excluding hydrogens is 326 g/mol. The third-order valence-corrected chi connectivity index (χ3v) is 5.99. The van der Waals surface area contributed by atoms with Gasteiger partial charge in [-0.2, -0.15) is 0 Å². The summed E-state index contributed by atoms with van der Waals surface area (Å²) in [6.45, 7) is 10.1. The summed E-state index contributed by atoms with van der Waals surface area (Å²) < 4.78 is 22.9. The number of guanidine groups is 1. The van der Waals surface area contributed by atoms with Crippen LogP contribution < -0.4 is 5.32 Å². The third-order valence-electron chi connectivity index (χ3n) is 4.05. The molecule has 0 spiro atoms. The summed E-state index contributed by atoms with van der Waals surface area (Å²) in [6.07, 6.45) is 3.32. The van der Waals surface area contributed by atoms with E-state index in [0.29, 0.717) is 18.4 Å². The van der Waals surface area contributed by atoms with Crippen LogP contribution in [0.1, 0.15) is 40.0 Å². The number of ether oxygens (including phenoxy) is 2. The largest absolute Gasteiger partial charge is 0.385 e. The zero-order valence-corrected chi connectivity index (χ0v) is 16.8. The average Bonchev–Trinajstić information content (AvgIpc) is 2.55. The zero-order valence-electron chi connectivity index (χ0n) is 16.0. The smallest absolute Gasteiger partial charge is 0.193 e. The van der Waals surface area contributed by atoms with Crippen molar-refractivity contribution in [2.75, 3.05) is 52.8 Å². The Morgan fingerprint density at radius 1 is 1.29 bits per heavy atom. The van der Waals surface area contributed by atoms with Gasteiger partial charge in [-0.1, -0.05) is 0 Å². The first kappa shape index (κ1) is 21.4. The van der Waals surface area contributed by atoms with Gasteiger partial charge in [0.15, 0.2) is 5.96 Å². The normalized spacial score (nSPS) is 18.7. The van der Waals surface area contributed by atoms with E-state index in [2.05, 4.69) is 15.2 Å². The highest BCUT2D eigenvalue weighted by atomic mass is 32.2. The summed E-state index contributed by atoms with van der Waals surface area (Å²) in [5.74, 6) is 1.54. The molecule has 142 valence electrons. The predicted molar refractivity (Wildman–Crippen MR) is 101 cm³/mol. The number of nitrogens with zero attached hydrogens (tertiary/aromatic N) is 2. The molecular formula is C17H35N3O3S. The van der Waals surface area contributed by atoms with Gasteiger partial charge in [0.1, 0.15) is 0 Å². The van der Waals surface area contributed by atoms with E-state index in [1.54, 1.807) is 14.2 Å². The molecule has 1 unspecified atom stereocenters. The quantitative estimate of drug-likeness (QED) is 0.404. The molecule has 6 nitrogen and oxygen atoms in total. The lowest BCUT2D eigenvalue weighted by molar-refractivity contribution is 0.00993. The van der Waals surface area contributed by atoms with Crippen LogP contribution in [0.25, 0.3) is 0 Å². The van der Waals surface area contributed by atoms with Crippen LogP contribution in [0.5, 0.6) is 0 Å². The van der Waals surface area contributed by atoms with Gasteiger partial charge in [0, 0.05) is 68.3 Å². The zero-order chi connectivity index (χ0) is 18.0. The molecule has 1 fully saturated rings. The summed E-state index contributed by atoms with van der Waals surface area (Å²) in [7, 11) is 2.68. The molecule has 0 saturated carbocycles. The van der Waals surface area contributed by atoms with Crippen molar-refractivity contribution in [2.45, 2.75) is 50.9 Å². The molecule has 24 heavy (non-hydrogen) atoms. The maximum Gasteiger partial charge on any atom is 0.193 e. The summed E-state index contributed by atoms with van der Waals surface area (Å²) in [4.78, 5) is 6.62. The number of hydrogen-bond acceptors (Lipinski definition) is 4. The summed E-state index contributed by atoms with van der Waals surface area (Å²) >= 11 is 0. The second-order valence-electron chi connectivity index (χ2n) is 7.04. The number of aliphatic imine (C=N–C) groups is 1. The van der Waals surface area contributed by atoms with E-state index in [1.807, 2.05) is 20.8 Å². The van der Waals surface area contributed by atoms with Gasteiger partial charge >= 0.3 is 0 Å². The van der Waals surface area contributed by atoms with E-state index in [9.17, 15) is 4.21 Å². The Hall–Kier alpha value is -0.660. The third kappa shape index (κ3) is 7.94. The number of piperidine rings is 1. The van der Waals surface area contributed by atoms with Gasteiger partial charge < -0.3 is 19.7 Å². The minimum Gasteiger partial charge on any atom is -0.385 e. The Morgan fingerprint density at radius 3 is 2.50 bits per heavy atom. The Kier molecular flexibility index (Phi) is 9.85. The van der Waals surface area contributed by atoms with Gasteiger partial charge in [0.2, 0.25) is 0 Å². The fourth-order valence-corrected chi connectivity index (χ4v) is 3.48. The van der Waals surface area contributed by atoms with E-state index in [4.69, 9.17) is 9.47 Å². The van der Waals surface area contributed by atoms with Gasteiger partial charge in [-0.3, -0.25) is 9.20 Å². The van der Waals surface area contributed by atoms with Gasteiger partial charge in [0.25, 0.3) is 0 Å². The van der Waals surface area contributed by atoms with Gasteiger partial charge in [-0.15, -0.1) is 0 Å². The molecule has 7 heteroatoms. The molecule has 0 radical (unpaired) electrons. The number of rotatable bonds is 8. The molecule has 1 rings (SSSR count). The monoisotopic (exact) mass is 361 g/mol. The predicted octanol–water partition coefficient (Wildman–Crippen LogP) is 1.63. The minimum atomic E-state index is -0.838. The lowest BCUT2D eigenvalue weighted by Crippen LogP contribution is -2.48. The van der Waals surface area contributed by atoms with Crippen molar-refractivity contribution < 1.29 is 13.7 Å². The molecule has 1 aliphatic heterocycles. The molecule has 1 aliphatic rings. The second kappa shape index (κ2) is 11.1. The number of nitrogens with one attached hydrogen (secondary N) is 1. The highest BCUT2D eigenvalue weighted by Crippen LogP contribution is 2.14. The first-order valence-electron chi connectivity index (χ1n) is 8.83. The van der Waals surface area contributed by atoms with E-state index in [0.717, 1.165) is 51.5 Å². The number of hydrogen-bond donors (Lipinski definition) is 1. The van der Waals surface area contributed by atoms with Gasteiger partial charge in [0.05, 0.1) is 6.10 Å². The Balaban J connectivity index is 2.27. The summed E-state index contributed by atoms with van der Waals surface area (Å²) in [6, 6.07) is 0. The molecule has 0 aromatic rings. The molecule has 0 aliphatic carbocycles. The van der Waals surface area contributed by atoms with Crippen molar-refractivity contribution >= 4 is 16.8 Å². The van der Waals surface area contributed by atoms with Crippen molar-refractivity contribution in [3.05, 3.63) is 0 Å². The van der Waals surface area contributed by atoms with Crippen molar-refractivity contribution in [3.8, 4) is 0 Å². The molecule has 1 N–H and O–H groups in total. The fraction of sp³-hybridized carbons (Fsp3) is 0.941. The van der Waals surface area contributed by atoms with Crippen LogP contribution in [-0.4, -0.2) is 78.7 Å². The minimum absolute atomic E-state index is 0.163. The lowest BCUT2D eigenvalue weighted by Gasteiger charge is -2.34. The maximum absolute atomic E-state index is 12.1. The standard InChI is InChI=1S/C17H35N3O3S/c1-17(2,3)24(21)14-9-19-16(18-4)20-10-7-15(8-11-20)23-13-6-12-22-5/h15H,6-14H2,1-5H3,(H,18,19). The molecule has 0 aromatic heterocycles. The lowest BCUT2D eigenvalue weighted by atomic mass is 10.1. The molecule has 0 amide bonds. The molecule has 0 aromatic carbocycles. The van der Waals surface area contributed by atoms with Crippen molar-refractivity contribution in [2.24, 2.45) is 4.99 Å². The van der Waals surface area contributed by atoms with Crippen LogP contribution in [0, 0.1) is 0 Å². The topological polar surface area (TPSA) is 63.2 Å². The second-order valence-corrected chi connectivity index (χ2v) is 9.36. The highest BCUT2D eigenvalue weighted by Gasteiger charge is 2.22. The molecule has 1 atom stereocenters. The Bertz CT molecular complexity index is 402. The SMILES string of the molecule is CN=C(NCCS(=O)C(C)(C)C)N1CCC(OCCCOC)CC1. The summed E-state index contributed by atoms with van der Waals surface area (Å²) in [5.41, 5.74) is 0. The van der Waals surface area contributed by atoms with Crippen LogP contribution in [0.3, 0.4) is 0 Å². The molecule has 1 saturated heterocycles. The van der Waals surface area contributed by atoms with E-state index >= 15 is 0 Å². The molecule has 0 bridgehead atoms. The fourth-order valence-electron chi connectivity index (χ4n) is 2.58. The Morgan fingerprint density at radius 2 is 1.96 bits per heavy atom. The van der Waals surface area contributed by atoms with E-state index in [1.165, 1.54) is 0 Å². The summed E-state index contributed by atoms with van der Waals surface area (Å²) in [5, 5.41) is 3.34. The maximum atomic E-state index is 12.1. The van der Waals surface area contributed by atoms with Crippen molar-refractivity contribution in [3.63, 3.8) is 0 Å². The van der Waals surface area contributed by atoms with Crippen molar-refractivity contribution in [1.29, 1.82) is 0 Å². The van der Waals surface area contributed by atoms with Crippen LogP contribution >= 0.6 is 0 Å². The average molecular weight is 362 g/mol. The van der Waals surface area contributed by atoms with Crippen molar-refractivity contribution in [1.82, 2.24) is 10.2 Å². The van der Waals surface area contributed by atoms with Gasteiger partial charge in [-0.25, -0.2) is 0 Å². The molecule has 1 heterocycles. The van der Waals surface area contributed by atoms with E-state index in [-0.39, 0.29) is 4.75 Å². The van der Waals surface area contributed by atoms with Crippen LogP contribution in [0.2, 0.25) is 0 Å².